The van der Waals surface area contributed by atoms with E-state index < -0.39 is 0 Å². The highest BCUT2D eigenvalue weighted by Crippen LogP contribution is 2.15. The average Bonchev–Trinajstić information content (AvgIpc) is 2.37. The Morgan fingerprint density at radius 3 is 2.82 bits per heavy atom. The van der Waals surface area contributed by atoms with Crippen molar-refractivity contribution in [1.82, 2.24) is 10.4 Å². The fraction of sp³-hybridized carbons (Fsp3) is 1.00. The zero-order valence-electron chi connectivity index (χ0n) is 7.63. The lowest BCUT2D eigenvalue weighted by atomic mass is 10.0. The Bertz CT molecular complexity index is 119. The molecule has 0 amide bonds. The summed E-state index contributed by atoms with van der Waals surface area (Å²) in [5.41, 5.74) is 0. The van der Waals surface area contributed by atoms with Gasteiger partial charge in [0.25, 0.3) is 0 Å². The predicted octanol–water partition coefficient (Wildman–Crippen LogP) is 0.478. The third-order valence-electron chi connectivity index (χ3n) is 2.49. The summed E-state index contributed by atoms with van der Waals surface area (Å²) in [6, 6.07) is 0.646. The Balaban J connectivity index is 2.24. The van der Waals surface area contributed by atoms with Gasteiger partial charge in [-0.25, -0.2) is 0 Å². The first-order valence-electron chi connectivity index (χ1n) is 4.22. The molecule has 0 saturated carbocycles. The number of hydroxylamine groups is 2. The van der Waals surface area contributed by atoms with Gasteiger partial charge in [0.05, 0.1) is 7.11 Å². The van der Waals surface area contributed by atoms with Crippen molar-refractivity contribution in [1.29, 1.82) is 0 Å². The first kappa shape index (κ1) is 8.97. The molecule has 0 radical (unpaired) electrons. The molecule has 2 atom stereocenters. The van der Waals surface area contributed by atoms with E-state index in [1.165, 1.54) is 6.42 Å². The number of rotatable bonds is 3. The van der Waals surface area contributed by atoms with E-state index in [1.54, 1.807) is 7.11 Å². The molecule has 1 rings (SSSR count). The lowest BCUT2D eigenvalue weighted by Crippen LogP contribution is -2.31. The second-order valence-corrected chi connectivity index (χ2v) is 3.28. The third-order valence-corrected chi connectivity index (χ3v) is 2.49. The first-order valence-corrected chi connectivity index (χ1v) is 4.22. The van der Waals surface area contributed by atoms with E-state index in [-0.39, 0.29) is 0 Å². The maximum Gasteiger partial charge on any atom is 0.0575 e. The van der Waals surface area contributed by atoms with Crippen LogP contribution in [-0.2, 0) is 4.84 Å². The topological polar surface area (TPSA) is 24.5 Å². The van der Waals surface area contributed by atoms with Gasteiger partial charge in [-0.15, -0.1) is 0 Å². The predicted molar refractivity (Wildman–Crippen MR) is 45.2 cm³/mol. The second kappa shape index (κ2) is 4.04. The van der Waals surface area contributed by atoms with Gasteiger partial charge in [0.1, 0.15) is 0 Å². The Morgan fingerprint density at radius 2 is 2.36 bits per heavy atom. The standard InChI is InChI=1S/C8H18N2O/c1-7-8(4-5-9-7)6-10(2)11-3/h7-9H,4-6H2,1-3H3. The molecular formula is C8H18N2O. The molecule has 66 valence electrons. The Labute approximate surface area is 68.7 Å². The summed E-state index contributed by atoms with van der Waals surface area (Å²) in [6.07, 6.45) is 1.27. The second-order valence-electron chi connectivity index (χ2n) is 3.28. The van der Waals surface area contributed by atoms with E-state index >= 15 is 0 Å². The SMILES string of the molecule is CON(C)CC1CCNC1C. The van der Waals surface area contributed by atoms with Crippen LogP contribution >= 0.6 is 0 Å². The average molecular weight is 158 g/mol. The number of hydrogen-bond acceptors (Lipinski definition) is 3. The van der Waals surface area contributed by atoms with Crippen LogP contribution in [0.25, 0.3) is 0 Å². The van der Waals surface area contributed by atoms with E-state index in [0.717, 1.165) is 19.0 Å². The van der Waals surface area contributed by atoms with Crippen LogP contribution in [0.3, 0.4) is 0 Å². The van der Waals surface area contributed by atoms with Gasteiger partial charge in [-0.3, -0.25) is 0 Å². The fourth-order valence-electron chi connectivity index (χ4n) is 1.57. The molecule has 3 nitrogen and oxygen atoms in total. The quantitative estimate of drug-likeness (QED) is 0.605. The molecule has 0 aliphatic carbocycles. The molecular weight excluding hydrogens is 140 g/mol. The molecule has 0 aromatic carbocycles. The van der Waals surface area contributed by atoms with E-state index in [1.807, 2.05) is 12.1 Å². The maximum absolute atomic E-state index is 5.07. The molecule has 0 spiro atoms. The van der Waals surface area contributed by atoms with Crippen LogP contribution in [0.15, 0.2) is 0 Å². The van der Waals surface area contributed by atoms with Gasteiger partial charge in [0.15, 0.2) is 0 Å². The van der Waals surface area contributed by atoms with Crippen molar-refractivity contribution in [2.75, 3.05) is 27.2 Å². The van der Waals surface area contributed by atoms with Gasteiger partial charge in [0, 0.05) is 19.6 Å². The van der Waals surface area contributed by atoms with Crippen LogP contribution in [-0.4, -0.2) is 38.4 Å². The lowest BCUT2D eigenvalue weighted by Gasteiger charge is -2.20. The van der Waals surface area contributed by atoms with Gasteiger partial charge in [-0.05, 0) is 25.8 Å². The summed E-state index contributed by atoms with van der Waals surface area (Å²) < 4.78 is 0. The van der Waals surface area contributed by atoms with Crippen molar-refractivity contribution in [2.24, 2.45) is 5.92 Å². The van der Waals surface area contributed by atoms with E-state index in [4.69, 9.17) is 4.84 Å². The Morgan fingerprint density at radius 1 is 1.64 bits per heavy atom. The van der Waals surface area contributed by atoms with Crippen molar-refractivity contribution < 1.29 is 4.84 Å². The zero-order valence-corrected chi connectivity index (χ0v) is 7.63. The molecule has 1 aliphatic rings. The molecule has 0 aromatic heterocycles. The summed E-state index contributed by atoms with van der Waals surface area (Å²) in [6.45, 7) is 4.43. The molecule has 1 N–H and O–H groups in total. The summed E-state index contributed by atoms with van der Waals surface area (Å²) in [7, 11) is 3.69. The minimum atomic E-state index is 0.646. The normalized spacial score (nSPS) is 31.6. The molecule has 1 saturated heterocycles. The van der Waals surface area contributed by atoms with Crippen molar-refractivity contribution in [3.63, 3.8) is 0 Å². The van der Waals surface area contributed by atoms with Crippen LogP contribution in [0.1, 0.15) is 13.3 Å². The lowest BCUT2D eigenvalue weighted by molar-refractivity contribution is -0.118. The van der Waals surface area contributed by atoms with Crippen LogP contribution in [0, 0.1) is 5.92 Å². The summed E-state index contributed by atoms with van der Waals surface area (Å²) in [4.78, 5) is 5.07. The van der Waals surface area contributed by atoms with Crippen LogP contribution < -0.4 is 5.32 Å². The van der Waals surface area contributed by atoms with Gasteiger partial charge in [-0.2, -0.15) is 5.06 Å². The third kappa shape index (κ3) is 2.43. The molecule has 11 heavy (non-hydrogen) atoms. The van der Waals surface area contributed by atoms with Crippen molar-refractivity contribution in [3.05, 3.63) is 0 Å². The summed E-state index contributed by atoms with van der Waals surface area (Å²) >= 11 is 0. The number of nitrogens with one attached hydrogen (secondary N) is 1. The zero-order chi connectivity index (χ0) is 8.27. The fourth-order valence-corrected chi connectivity index (χ4v) is 1.57. The van der Waals surface area contributed by atoms with Crippen molar-refractivity contribution in [2.45, 2.75) is 19.4 Å². The van der Waals surface area contributed by atoms with Gasteiger partial charge >= 0.3 is 0 Å². The van der Waals surface area contributed by atoms with Gasteiger partial charge in [-0.1, -0.05) is 0 Å². The summed E-state index contributed by atoms with van der Waals surface area (Å²) in [5, 5.41) is 5.31. The van der Waals surface area contributed by atoms with Crippen LogP contribution in [0.5, 0.6) is 0 Å². The molecule has 2 unspecified atom stereocenters. The minimum absolute atomic E-state index is 0.646. The highest BCUT2D eigenvalue weighted by Gasteiger charge is 2.23. The monoisotopic (exact) mass is 158 g/mol. The smallest absolute Gasteiger partial charge is 0.0575 e. The van der Waals surface area contributed by atoms with E-state index in [0.29, 0.717) is 6.04 Å². The molecule has 3 heteroatoms. The number of nitrogens with zero attached hydrogens (tertiary/aromatic N) is 1. The van der Waals surface area contributed by atoms with E-state index in [2.05, 4.69) is 12.2 Å². The molecule has 1 heterocycles. The van der Waals surface area contributed by atoms with E-state index in [9.17, 15) is 0 Å². The number of hydrogen-bond donors (Lipinski definition) is 1. The van der Waals surface area contributed by atoms with Crippen molar-refractivity contribution >= 4 is 0 Å². The molecule has 0 aromatic rings. The highest BCUT2D eigenvalue weighted by atomic mass is 16.7. The van der Waals surface area contributed by atoms with Gasteiger partial charge in [0.2, 0.25) is 0 Å². The van der Waals surface area contributed by atoms with Crippen LogP contribution in [0.2, 0.25) is 0 Å². The molecule has 1 aliphatic heterocycles. The summed E-state index contributed by atoms with van der Waals surface area (Å²) in [5.74, 6) is 0.750. The van der Waals surface area contributed by atoms with Gasteiger partial charge < -0.3 is 10.2 Å². The minimum Gasteiger partial charge on any atom is -0.314 e. The van der Waals surface area contributed by atoms with Crippen LogP contribution in [0.4, 0.5) is 0 Å². The van der Waals surface area contributed by atoms with Crippen molar-refractivity contribution in [3.8, 4) is 0 Å². The molecule has 1 fully saturated rings. The Hall–Kier alpha value is -0.120. The first-order chi connectivity index (χ1) is 5.24. The largest absolute Gasteiger partial charge is 0.314 e. The Kier molecular flexibility index (Phi) is 3.30. The maximum atomic E-state index is 5.07. The highest BCUT2D eigenvalue weighted by molar-refractivity contribution is 4.80. The molecule has 0 bridgehead atoms.